The minimum atomic E-state index is 0.211. The van der Waals surface area contributed by atoms with E-state index in [1.165, 1.54) is 5.56 Å². The van der Waals surface area contributed by atoms with Crippen LogP contribution in [0.4, 0.5) is 0 Å². The van der Waals surface area contributed by atoms with E-state index in [0.717, 1.165) is 29.8 Å². The third kappa shape index (κ3) is 2.93. The molecule has 1 aliphatic rings. The van der Waals surface area contributed by atoms with Crippen molar-refractivity contribution in [2.24, 2.45) is 4.99 Å². The van der Waals surface area contributed by atoms with Gasteiger partial charge in [0, 0.05) is 11.9 Å². The molecule has 0 bridgehead atoms. The van der Waals surface area contributed by atoms with Gasteiger partial charge in [0.1, 0.15) is 0 Å². The first kappa shape index (κ1) is 12.2. The predicted molar refractivity (Wildman–Crippen MR) is 78.3 cm³/mol. The van der Waals surface area contributed by atoms with Crippen LogP contribution < -0.4 is 10.6 Å². The van der Waals surface area contributed by atoms with Crippen LogP contribution in [0.5, 0.6) is 0 Å². The van der Waals surface area contributed by atoms with E-state index in [2.05, 4.69) is 38.1 Å². The summed E-state index contributed by atoms with van der Waals surface area (Å²) >= 11 is 1.68. The smallest absolute Gasteiger partial charge is 0.192 e. The lowest BCUT2D eigenvalue weighted by Gasteiger charge is -2.10. The van der Waals surface area contributed by atoms with Crippen molar-refractivity contribution in [1.82, 2.24) is 15.6 Å². The molecule has 3 rings (SSSR count). The number of hydrogen-bond acceptors (Lipinski definition) is 5. The number of thiazole rings is 1. The van der Waals surface area contributed by atoms with Crippen LogP contribution >= 0.6 is 11.3 Å². The van der Waals surface area contributed by atoms with E-state index in [1.54, 1.807) is 11.3 Å². The van der Waals surface area contributed by atoms with Gasteiger partial charge in [-0.05, 0) is 12.5 Å². The summed E-state index contributed by atoms with van der Waals surface area (Å²) in [7, 11) is 0. The second-order valence-corrected chi connectivity index (χ2v) is 5.58. The van der Waals surface area contributed by atoms with E-state index in [0.29, 0.717) is 0 Å². The fourth-order valence-electron chi connectivity index (χ4n) is 2.04. The molecule has 1 aliphatic heterocycles. The Balaban J connectivity index is 1.54. The van der Waals surface area contributed by atoms with Crippen LogP contribution in [-0.4, -0.2) is 17.5 Å². The molecule has 1 aromatic heterocycles. The highest BCUT2D eigenvalue weighted by molar-refractivity contribution is 7.09. The Labute approximate surface area is 116 Å². The maximum Gasteiger partial charge on any atom is 0.192 e. The van der Waals surface area contributed by atoms with Crippen molar-refractivity contribution in [1.29, 1.82) is 0 Å². The molecule has 1 atom stereocenters. The summed E-state index contributed by atoms with van der Waals surface area (Å²) in [6, 6.07) is 10.5. The molecule has 1 aromatic carbocycles. The second kappa shape index (κ2) is 5.40. The Bertz CT molecular complexity index is 576. The number of aryl methyl sites for hydroxylation is 1. The van der Waals surface area contributed by atoms with Crippen molar-refractivity contribution in [2.75, 3.05) is 6.54 Å². The molecule has 0 fully saturated rings. The molecule has 0 saturated heterocycles. The molecule has 2 N–H and O–H groups in total. The van der Waals surface area contributed by atoms with Crippen molar-refractivity contribution < 1.29 is 0 Å². The lowest BCUT2D eigenvalue weighted by Crippen LogP contribution is -2.35. The van der Waals surface area contributed by atoms with Gasteiger partial charge >= 0.3 is 0 Å². The van der Waals surface area contributed by atoms with E-state index < -0.39 is 0 Å². The average Bonchev–Trinajstić information content (AvgIpc) is 3.06. The average molecular weight is 272 g/mol. The maximum absolute atomic E-state index is 4.50. The monoisotopic (exact) mass is 272 g/mol. The van der Waals surface area contributed by atoms with Crippen LogP contribution in [0.25, 0.3) is 0 Å². The number of hydrogen-bond donors (Lipinski definition) is 2. The van der Waals surface area contributed by atoms with Crippen LogP contribution in [0.1, 0.15) is 22.3 Å². The first-order valence-corrected chi connectivity index (χ1v) is 7.20. The highest BCUT2D eigenvalue weighted by Gasteiger charge is 2.20. The fraction of sp³-hybridized carbons (Fsp3) is 0.286. The third-order valence-electron chi connectivity index (χ3n) is 3.04. The topological polar surface area (TPSA) is 49.3 Å². The van der Waals surface area contributed by atoms with E-state index >= 15 is 0 Å². The predicted octanol–water partition coefficient (Wildman–Crippen LogP) is 2.24. The zero-order chi connectivity index (χ0) is 13.1. The molecule has 98 valence electrons. The first-order valence-electron chi connectivity index (χ1n) is 6.32. The highest BCUT2D eigenvalue weighted by atomic mass is 32.1. The van der Waals surface area contributed by atoms with Gasteiger partial charge < -0.3 is 10.6 Å². The van der Waals surface area contributed by atoms with E-state index in [9.17, 15) is 0 Å². The van der Waals surface area contributed by atoms with Crippen molar-refractivity contribution in [3.05, 3.63) is 52.0 Å². The van der Waals surface area contributed by atoms with Gasteiger partial charge in [0.25, 0.3) is 0 Å². The number of nitrogens with zero attached hydrogens (tertiary/aromatic N) is 2. The van der Waals surface area contributed by atoms with Crippen molar-refractivity contribution >= 4 is 17.3 Å². The molecule has 2 aromatic rings. The van der Waals surface area contributed by atoms with Crippen molar-refractivity contribution in [3.8, 4) is 0 Å². The van der Waals surface area contributed by atoms with Gasteiger partial charge in [0.2, 0.25) is 0 Å². The Morgan fingerprint density at radius 1 is 1.37 bits per heavy atom. The van der Waals surface area contributed by atoms with E-state index in [-0.39, 0.29) is 6.04 Å². The normalized spacial score (nSPS) is 17.9. The van der Waals surface area contributed by atoms with Crippen molar-refractivity contribution in [3.63, 3.8) is 0 Å². The molecule has 0 aliphatic carbocycles. The number of nitrogens with one attached hydrogen (secondary N) is 2. The fourth-order valence-corrected chi connectivity index (χ4v) is 2.70. The van der Waals surface area contributed by atoms with Crippen LogP contribution in [0.15, 0.2) is 40.7 Å². The highest BCUT2D eigenvalue weighted by Crippen LogP contribution is 2.19. The largest absolute Gasteiger partial charge is 0.352 e. The van der Waals surface area contributed by atoms with E-state index in [4.69, 9.17) is 0 Å². The standard InChI is InChI=1S/C14H16N4S/c1-10-17-13(9-19-10)12-8-16-14(18-12)15-7-11-5-3-2-4-6-11/h2-6,9,12H,7-8H2,1H3,(H2,15,16,18). The van der Waals surface area contributed by atoms with Gasteiger partial charge in [-0.1, -0.05) is 30.3 Å². The van der Waals surface area contributed by atoms with Crippen LogP contribution in [0, 0.1) is 6.92 Å². The molecule has 0 saturated carbocycles. The van der Waals surface area contributed by atoms with Crippen molar-refractivity contribution in [2.45, 2.75) is 19.5 Å². The molecule has 5 heteroatoms. The SMILES string of the molecule is Cc1nc(C2CN=C(NCc3ccccc3)N2)cs1. The maximum atomic E-state index is 4.50. The molecule has 4 nitrogen and oxygen atoms in total. The number of aliphatic imine (C=N–C) groups is 1. The zero-order valence-corrected chi connectivity index (χ0v) is 11.6. The lowest BCUT2D eigenvalue weighted by molar-refractivity contribution is 0.678. The van der Waals surface area contributed by atoms with Gasteiger partial charge in [-0.15, -0.1) is 11.3 Å². The Morgan fingerprint density at radius 3 is 2.95 bits per heavy atom. The first-order chi connectivity index (χ1) is 9.31. The minimum absolute atomic E-state index is 0.211. The molecule has 1 unspecified atom stereocenters. The molecular formula is C14H16N4S. The van der Waals surface area contributed by atoms with Gasteiger partial charge in [-0.3, -0.25) is 4.99 Å². The molecule has 0 radical (unpaired) electrons. The number of rotatable bonds is 3. The second-order valence-electron chi connectivity index (χ2n) is 4.52. The van der Waals surface area contributed by atoms with Crippen LogP contribution in [0.3, 0.4) is 0 Å². The Morgan fingerprint density at radius 2 is 2.21 bits per heavy atom. The summed E-state index contributed by atoms with van der Waals surface area (Å²) in [5.41, 5.74) is 2.34. The molecule has 19 heavy (non-hydrogen) atoms. The summed E-state index contributed by atoms with van der Waals surface area (Å²) < 4.78 is 0. The molecule has 0 amide bonds. The van der Waals surface area contributed by atoms with Crippen LogP contribution in [-0.2, 0) is 6.54 Å². The third-order valence-corrected chi connectivity index (χ3v) is 3.83. The summed E-state index contributed by atoms with van der Waals surface area (Å²) in [6.45, 7) is 3.56. The Hall–Kier alpha value is -1.88. The number of guanidine groups is 1. The Kier molecular flexibility index (Phi) is 3.46. The molecule has 2 heterocycles. The lowest BCUT2D eigenvalue weighted by atomic mass is 10.2. The quantitative estimate of drug-likeness (QED) is 0.901. The van der Waals surface area contributed by atoms with Gasteiger partial charge in [0.05, 0.1) is 23.3 Å². The number of benzene rings is 1. The number of aromatic nitrogens is 1. The van der Waals surface area contributed by atoms with Gasteiger partial charge in [-0.2, -0.15) is 0 Å². The molecular weight excluding hydrogens is 256 g/mol. The summed E-state index contributed by atoms with van der Waals surface area (Å²) in [6.07, 6.45) is 0. The van der Waals surface area contributed by atoms with Gasteiger partial charge in [-0.25, -0.2) is 4.98 Å². The minimum Gasteiger partial charge on any atom is -0.352 e. The summed E-state index contributed by atoms with van der Waals surface area (Å²) in [5.74, 6) is 0.861. The van der Waals surface area contributed by atoms with E-state index in [1.807, 2.05) is 25.1 Å². The summed E-state index contributed by atoms with van der Waals surface area (Å²) in [5, 5.41) is 9.89. The zero-order valence-electron chi connectivity index (χ0n) is 10.8. The van der Waals surface area contributed by atoms with Gasteiger partial charge in [0.15, 0.2) is 5.96 Å². The summed E-state index contributed by atoms with van der Waals surface area (Å²) in [4.78, 5) is 8.98. The molecule has 0 spiro atoms. The van der Waals surface area contributed by atoms with Crippen LogP contribution in [0.2, 0.25) is 0 Å².